The molecule has 150 valence electrons. The van der Waals surface area contributed by atoms with E-state index in [-0.39, 0.29) is 24.0 Å². The first kappa shape index (κ1) is 23.5. The zero-order valence-electron chi connectivity index (χ0n) is 16.7. The van der Waals surface area contributed by atoms with E-state index in [9.17, 15) is 0 Å². The van der Waals surface area contributed by atoms with E-state index >= 15 is 0 Å². The van der Waals surface area contributed by atoms with Crippen LogP contribution in [0, 0.1) is 0 Å². The summed E-state index contributed by atoms with van der Waals surface area (Å²) in [6.07, 6.45) is 3.51. The molecule has 1 fully saturated rings. The van der Waals surface area contributed by atoms with E-state index in [4.69, 9.17) is 4.99 Å². The summed E-state index contributed by atoms with van der Waals surface area (Å²) in [4.78, 5) is 9.65. The van der Waals surface area contributed by atoms with Gasteiger partial charge in [0.2, 0.25) is 0 Å². The number of likely N-dealkylation sites (N-methyl/N-ethyl adjacent to an activating group) is 1. The van der Waals surface area contributed by atoms with Crippen molar-refractivity contribution in [1.29, 1.82) is 0 Å². The maximum Gasteiger partial charge on any atom is 0.191 e. The number of nitrogens with one attached hydrogen (secondary N) is 2. The van der Waals surface area contributed by atoms with Crippen molar-refractivity contribution in [2.45, 2.75) is 52.1 Å². The van der Waals surface area contributed by atoms with Crippen LogP contribution in [-0.2, 0) is 0 Å². The molecule has 0 radical (unpaired) electrons. The molecule has 0 bridgehead atoms. The van der Waals surface area contributed by atoms with Gasteiger partial charge in [0.1, 0.15) is 0 Å². The highest BCUT2D eigenvalue weighted by Gasteiger charge is 2.20. The molecular weight excluding hydrogens is 457 g/mol. The van der Waals surface area contributed by atoms with E-state index in [2.05, 4.69) is 65.8 Å². The molecule has 1 atom stereocenters. The first-order valence-corrected chi connectivity index (χ1v) is 10.6. The first-order chi connectivity index (χ1) is 12.1. The van der Waals surface area contributed by atoms with Crippen molar-refractivity contribution >= 4 is 46.3 Å². The minimum atomic E-state index is 0. The van der Waals surface area contributed by atoms with Crippen molar-refractivity contribution in [3.63, 3.8) is 0 Å². The molecule has 5 nitrogen and oxygen atoms in total. The number of anilines is 1. The molecule has 0 amide bonds. The number of guanidine groups is 1. The van der Waals surface area contributed by atoms with Crippen LogP contribution in [0.3, 0.4) is 0 Å². The summed E-state index contributed by atoms with van der Waals surface area (Å²) in [5.41, 5.74) is 0. The average Bonchev–Trinajstić information content (AvgIpc) is 3.16. The molecule has 2 rings (SSSR count). The van der Waals surface area contributed by atoms with Crippen LogP contribution in [-0.4, -0.2) is 62.7 Å². The number of aliphatic imine (C=N–C) groups is 1. The number of rotatable bonds is 8. The summed E-state index contributed by atoms with van der Waals surface area (Å²) in [7, 11) is 2.18. The third-order valence-electron chi connectivity index (χ3n) is 5.06. The lowest BCUT2D eigenvalue weighted by Crippen LogP contribution is -2.48. The van der Waals surface area contributed by atoms with Crippen molar-refractivity contribution < 1.29 is 0 Å². The van der Waals surface area contributed by atoms with E-state index < -0.39 is 0 Å². The van der Waals surface area contributed by atoms with Crippen molar-refractivity contribution in [3.8, 4) is 0 Å². The smallest absolute Gasteiger partial charge is 0.191 e. The standard InChI is InChI=1S/C19H35N5S.HI/c1-5-16(3)23(4)14-11-21-19(20-6-2)22-17-9-12-24(13-10-17)18-8-7-15-25-18;/h7-8,15-17H,5-6,9-14H2,1-4H3,(H2,20,21,22);1H. The van der Waals surface area contributed by atoms with Gasteiger partial charge in [0.05, 0.1) is 11.5 Å². The fourth-order valence-corrected chi connectivity index (χ4v) is 3.84. The molecule has 2 heterocycles. The fourth-order valence-electron chi connectivity index (χ4n) is 3.06. The second kappa shape index (κ2) is 12.8. The monoisotopic (exact) mass is 493 g/mol. The molecule has 0 aromatic carbocycles. The third kappa shape index (κ3) is 7.60. The number of hydrogen-bond acceptors (Lipinski definition) is 4. The van der Waals surface area contributed by atoms with Gasteiger partial charge in [-0.2, -0.15) is 0 Å². The van der Waals surface area contributed by atoms with Gasteiger partial charge in [-0.1, -0.05) is 6.92 Å². The Hall–Kier alpha value is -0.540. The fraction of sp³-hybridized carbons (Fsp3) is 0.737. The van der Waals surface area contributed by atoms with Gasteiger partial charge in [0.25, 0.3) is 0 Å². The molecule has 0 spiro atoms. The van der Waals surface area contributed by atoms with Crippen LogP contribution in [0.1, 0.15) is 40.0 Å². The zero-order chi connectivity index (χ0) is 18.1. The lowest BCUT2D eigenvalue weighted by molar-refractivity contribution is 0.259. The van der Waals surface area contributed by atoms with Gasteiger partial charge in [-0.3, -0.25) is 4.99 Å². The normalized spacial score (nSPS) is 17.1. The molecule has 1 aromatic heterocycles. The molecular formula is C19H36IN5S. The van der Waals surface area contributed by atoms with Gasteiger partial charge in [-0.05, 0) is 57.7 Å². The van der Waals surface area contributed by atoms with Gasteiger partial charge >= 0.3 is 0 Å². The molecule has 0 saturated carbocycles. The van der Waals surface area contributed by atoms with Crippen molar-refractivity contribution in [2.75, 3.05) is 44.7 Å². The Morgan fingerprint density at radius 2 is 2.12 bits per heavy atom. The second-order valence-corrected chi connectivity index (χ2v) is 7.78. The van der Waals surface area contributed by atoms with Crippen molar-refractivity contribution in [2.24, 2.45) is 4.99 Å². The van der Waals surface area contributed by atoms with Gasteiger partial charge < -0.3 is 20.4 Å². The lowest BCUT2D eigenvalue weighted by atomic mass is 10.1. The average molecular weight is 494 g/mol. The lowest BCUT2D eigenvalue weighted by Gasteiger charge is -2.33. The molecule has 1 aromatic rings. The Bertz CT molecular complexity index is 500. The maximum atomic E-state index is 4.77. The summed E-state index contributed by atoms with van der Waals surface area (Å²) in [5.74, 6) is 0.967. The quantitative estimate of drug-likeness (QED) is 0.330. The number of thiophene rings is 1. The molecule has 26 heavy (non-hydrogen) atoms. The largest absolute Gasteiger partial charge is 0.363 e. The van der Waals surface area contributed by atoms with Crippen molar-refractivity contribution in [3.05, 3.63) is 17.5 Å². The Labute approximate surface area is 180 Å². The van der Waals surface area contributed by atoms with E-state index in [1.54, 1.807) is 0 Å². The van der Waals surface area contributed by atoms with E-state index in [1.807, 2.05) is 11.3 Å². The van der Waals surface area contributed by atoms with Gasteiger partial charge in [-0.25, -0.2) is 0 Å². The number of piperidine rings is 1. The Morgan fingerprint density at radius 1 is 1.38 bits per heavy atom. The maximum absolute atomic E-state index is 4.77. The van der Waals surface area contributed by atoms with Crippen LogP contribution >= 0.6 is 35.3 Å². The number of hydrogen-bond donors (Lipinski definition) is 2. The molecule has 7 heteroatoms. The van der Waals surface area contributed by atoms with E-state index in [0.717, 1.165) is 51.5 Å². The highest BCUT2D eigenvalue weighted by Crippen LogP contribution is 2.24. The zero-order valence-corrected chi connectivity index (χ0v) is 19.8. The van der Waals surface area contributed by atoms with Gasteiger partial charge in [0, 0.05) is 38.3 Å². The van der Waals surface area contributed by atoms with E-state index in [1.165, 1.54) is 11.4 Å². The highest BCUT2D eigenvalue weighted by molar-refractivity contribution is 14.0. The predicted molar refractivity (Wildman–Crippen MR) is 126 cm³/mol. The molecule has 1 aliphatic rings. The van der Waals surface area contributed by atoms with Crippen LogP contribution in [0.15, 0.2) is 22.5 Å². The highest BCUT2D eigenvalue weighted by atomic mass is 127. The summed E-state index contributed by atoms with van der Waals surface area (Å²) >= 11 is 1.84. The van der Waals surface area contributed by atoms with Crippen LogP contribution in [0.2, 0.25) is 0 Å². The Balaban J connectivity index is 0.00000338. The summed E-state index contributed by atoms with van der Waals surface area (Å²) in [5, 5.41) is 10.6. The van der Waals surface area contributed by atoms with Gasteiger partial charge in [0.15, 0.2) is 5.96 Å². The third-order valence-corrected chi connectivity index (χ3v) is 5.99. The second-order valence-electron chi connectivity index (χ2n) is 6.86. The SMILES string of the molecule is CCNC(=NCCN(C)C(C)CC)NC1CCN(c2cccs2)CC1.I. The van der Waals surface area contributed by atoms with Crippen molar-refractivity contribution in [1.82, 2.24) is 15.5 Å². The topological polar surface area (TPSA) is 42.9 Å². The van der Waals surface area contributed by atoms with Crippen LogP contribution in [0.4, 0.5) is 5.00 Å². The first-order valence-electron chi connectivity index (χ1n) is 9.67. The molecule has 0 aliphatic carbocycles. The Kier molecular flexibility index (Phi) is 11.5. The minimum Gasteiger partial charge on any atom is -0.363 e. The minimum absolute atomic E-state index is 0. The van der Waals surface area contributed by atoms with E-state index in [0.29, 0.717) is 12.1 Å². The number of nitrogens with zero attached hydrogens (tertiary/aromatic N) is 3. The number of halogens is 1. The summed E-state index contributed by atoms with van der Waals surface area (Å²) in [6.45, 7) is 11.6. The summed E-state index contributed by atoms with van der Waals surface area (Å²) < 4.78 is 0. The summed E-state index contributed by atoms with van der Waals surface area (Å²) in [6, 6.07) is 5.49. The Morgan fingerprint density at radius 3 is 2.69 bits per heavy atom. The van der Waals surface area contributed by atoms with Crippen LogP contribution < -0.4 is 15.5 Å². The predicted octanol–water partition coefficient (Wildman–Crippen LogP) is 3.62. The molecule has 1 saturated heterocycles. The molecule has 1 unspecified atom stereocenters. The molecule has 2 N–H and O–H groups in total. The van der Waals surface area contributed by atoms with Crippen LogP contribution in [0.25, 0.3) is 0 Å². The van der Waals surface area contributed by atoms with Gasteiger partial charge in [-0.15, -0.1) is 35.3 Å². The van der Waals surface area contributed by atoms with Crippen LogP contribution in [0.5, 0.6) is 0 Å². The molecule has 1 aliphatic heterocycles.